The van der Waals surface area contributed by atoms with Crippen LogP contribution in [0.3, 0.4) is 0 Å². The summed E-state index contributed by atoms with van der Waals surface area (Å²) in [4.78, 5) is 8.50. The first-order valence-electron chi connectivity index (χ1n) is 5.08. The summed E-state index contributed by atoms with van der Waals surface area (Å²) in [6, 6.07) is 7.54. The number of nitrogens with zero attached hydrogens (tertiary/aromatic N) is 2. The summed E-state index contributed by atoms with van der Waals surface area (Å²) < 4.78 is 0.951. The molecule has 0 aliphatic heterocycles. The molecule has 0 aliphatic rings. The van der Waals surface area contributed by atoms with Gasteiger partial charge in [0.05, 0.1) is 6.10 Å². The number of aromatic nitrogens is 2. The van der Waals surface area contributed by atoms with Crippen molar-refractivity contribution in [1.29, 1.82) is 0 Å². The lowest BCUT2D eigenvalue weighted by Gasteiger charge is -2.06. The van der Waals surface area contributed by atoms with Crippen molar-refractivity contribution in [2.24, 2.45) is 0 Å². The van der Waals surface area contributed by atoms with E-state index in [9.17, 15) is 5.11 Å². The van der Waals surface area contributed by atoms with Crippen LogP contribution in [0.2, 0.25) is 0 Å². The van der Waals surface area contributed by atoms with Gasteiger partial charge in [0.2, 0.25) is 0 Å². The van der Waals surface area contributed by atoms with Gasteiger partial charge in [-0.1, -0.05) is 11.8 Å². The number of hydrogen-bond donors (Lipinski definition) is 1. The fourth-order valence-corrected chi connectivity index (χ4v) is 2.27. The molecule has 2 aromatic rings. The molecular weight excluding hydrogens is 300 g/mol. The van der Waals surface area contributed by atoms with Crippen molar-refractivity contribution in [1.82, 2.24) is 9.97 Å². The number of halogens is 1. The molecule has 0 aliphatic carbocycles. The molecule has 1 unspecified atom stereocenters. The second-order valence-corrected chi connectivity index (χ2v) is 5.48. The number of aliphatic hydroxyl groups excluding tert-OH is 1. The van der Waals surface area contributed by atoms with Crippen LogP contribution in [0, 0.1) is 0 Å². The molecular formula is C12H11BrN2OS. The Labute approximate surface area is 112 Å². The van der Waals surface area contributed by atoms with E-state index in [1.165, 1.54) is 11.8 Å². The van der Waals surface area contributed by atoms with E-state index in [1.54, 1.807) is 19.3 Å². The van der Waals surface area contributed by atoms with Crippen molar-refractivity contribution >= 4 is 27.7 Å². The Balaban J connectivity index is 2.18. The molecule has 0 radical (unpaired) electrons. The topological polar surface area (TPSA) is 46.0 Å². The van der Waals surface area contributed by atoms with Crippen LogP contribution in [0.15, 0.2) is 51.2 Å². The molecule has 2 heterocycles. The monoisotopic (exact) mass is 310 g/mol. The summed E-state index contributed by atoms with van der Waals surface area (Å²) in [6.45, 7) is 1.74. The predicted molar refractivity (Wildman–Crippen MR) is 70.9 cm³/mol. The van der Waals surface area contributed by atoms with Gasteiger partial charge in [-0.15, -0.1) is 0 Å². The van der Waals surface area contributed by atoms with E-state index in [1.807, 2.05) is 24.3 Å². The molecule has 2 rings (SSSR count). The van der Waals surface area contributed by atoms with Crippen molar-refractivity contribution in [3.63, 3.8) is 0 Å². The van der Waals surface area contributed by atoms with Gasteiger partial charge in [0.25, 0.3) is 0 Å². The van der Waals surface area contributed by atoms with Gasteiger partial charge in [0.1, 0.15) is 10.1 Å². The zero-order valence-corrected chi connectivity index (χ0v) is 11.6. The number of pyridine rings is 2. The highest BCUT2D eigenvalue weighted by molar-refractivity contribution is 9.10. The van der Waals surface area contributed by atoms with Crippen LogP contribution < -0.4 is 0 Å². The highest BCUT2D eigenvalue weighted by Crippen LogP contribution is 2.26. The van der Waals surface area contributed by atoms with Crippen LogP contribution in [0.25, 0.3) is 0 Å². The third-order valence-corrected chi connectivity index (χ3v) is 3.50. The minimum atomic E-state index is -0.477. The molecule has 2 aromatic heterocycles. The van der Waals surface area contributed by atoms with Crippen LogP contribution in [0.5, 0.6) is 0 Å². The van der Waals surface area contributed by atoms with Crippen LogP contribution in [0.1, 0.15) is 18.6 Å². The molecule has 0 saturated heterocycles. The van der Waals surface area contributed by atoms with Crippen LogP contribution >= 0.6 is 27.7 Å². The van der Waals surface area contributed by atoms with Gasteiger partial charge in [0.15, 0.2) is 0 Å². The fourth-order valence-electron chi connectivity index (χ4n) is 1.27. The second-order valence-electron chi connectivity index (χ2n) is 3.52. The van der Waals surface area contributed by atoms with Gasteiger partial charge in [0, 0.05) is 16.9 Å². The van der Waals surface area contributed by atoms with Gasteiger partial charge < -0.3 is 5.11 Å². The van der Waals surface area contributed by atoms with Crippen molar-refractivity contribution in [3.05, 3.63) is 46.7 Å². The minimum absolute atomic E-state index is 0.477. The van der Waals surface area contributed by atoms with E-state index >= 15 is 0 Å². The maximum atomic E-state index is 9.49. The van der Waals surface area contributed by atoms with Gasteiger partial charge in [-0.3, -0.25) is 0 Å². The van der Waals surface area contributed by atoms with Crippen molar-refractivity contribution in [3.8, 4) is 0 Å². The molecule has 0 fully saturated rings. The SMILES string of the molecule is CC(O)c1ccnc(Sc2ccc(Br)cn2)c1. The summed E-state index contributed by atoms with van der Waals surface area (Å²) in [5, 5.41) is 11.2. The average molecular weight is 311 g/mol. The van der Waals surface area contributed by atoms with Crippen molar-refractivity contribution in [2.45, 2.75) is 23.1 Å². The molecule has 5 heteroatoms. The Bertz CT molecular complexity index is 502. The van der Waals surface area contributed by atoms with E-state index < -0.39 is 6.10 Å². The normalized spacial score (nSPS) is 12.4. The van der Waals surface area contributed by atoms with Crippen LogP contribution in [-0.2, 0) is 0 Å². The van der Waals surface area contributed by atoms with Crippen molar-refractivity contribution in [2.75, 3.05) is 0 Å². The third-order valence-electron chi connectivity index (χ3n) is 2.15. The fraction of sp³-hybridized carbons (Fsp3) is 0.167. The van der Waals surface area contributed by atoms with E-state index in [0.29, 0.717) is 0 Å². The zero-order valence-electron chi connectivity index (χ0n) is 9.17. The zero-order chi connectivity index (χ0) is 12.3. The molecule has 17 heavy (non-hydrogen) atoms. The van der Waals surface area contributed by atoms with Crippen LogP contribution in [0.4, 0.5) is 0 Å². The smallest absolute Gasteiger partial charge is 0.103 e. The lowest BCUT2D eigenvalue weighted by Crippen LogP contribution is -1.92. The quantitative estimate of drug-likeness (QED) is 0.943. The number of aliphatic hydroxyl groups is 1. The Morgan fingerprint density at radius 2 is 2.06 bits per heavy atom. The molecule has 0 bridgehead atoms. The maximum Gasteiger partial charge on any atom is 0.103 e. The molecule has 1 atom stereocenters. The molecule has 0 amide bonds. The molecule has 3 nitrogen and oxygen atoms in total. The lowest BCUT2D eigenvalue weighted by molar-refractivity contribution is 0.199. The highest BCUT2D eigenvalue weighted by Gasteiger charge is 2.04. The number of hydrogen-bond acceptors (Lipinski definition) is 4. The first kappa shape index (κ1) is 12.5. The second kappa shape index (κ2) is 5.62. The molecule has 0 saturated carbocycles. The summed E-state index contributed by atoms with van der Waals surface area (Å²) in [7, 11) is 0. The molecule has 1 N–H and O–H groups in total. The maximum absolute atomic E-state index is 9.49. The third kappa shape index (κ3) is 3.52. The highest BCUT2D eigenvalue weighted by atomic mass is 79.9. The summed E-state index contributed by atoms with van der Waals surface area (Å²) in [6.07, 6.45) is 2.97. The Kier molecular flexibility index (Phi) is 4.15. The molecule has 88 valence electrons. The van der Waals surface area contributed by atoms with Gasteiger partial charge in [-0.25, -0.2) is 9.97 Å². The number of rotatable bonds is 3. The summed E-state index contributed by atoms with van der Waals surface area (Å²) in [5.74, 6) is 0. The molecule has 0 aromatic carbocycles. The van der Waals surface area contributed by atoms with Crippen LogP contribution in [-0.4, -0.2) is 15.1 Å². The standard InChI is InChI=1S/C12H11BrN2OS/c1-8(16)9-4-5-14-12(6-9)17-11-3-2-10(13)7-15-11/h2-8,16H,1H3. The van der Waals surface area contributed by atoms with E-state index in [-0.39, 0.29) is 0 Å². The lowest BCUT2D eigenvalue weighted by atomic mass is 10.2. The van der Waals surface area contributed by atoms with E-state index in [2.05, 4.69) is 25.9 Å². The first-order valence-corrected chi connectivity index (χ1v) is 6.69. The summed E-state index contributed by atoms with van der Waals surface area (Å²) in [5.41, 5.74) is 0.861. The first-order chi connectivity index (χ1) is 8.15. The molecule has 0 spiro atoms. The van der Waals surface area contributed by atoms with E-state index in [0.717, 1.165) is 20.1 Å². The van der Waals surface area contributed by atoms with Gasteiger partial charge in [-0.2, -0.15) is 0 Å². The minimum Gasteiger partial charge on any atom is -0.389 e. The average Bonchev–Trinajstić information content (AvgIpc) is 2.32. The van der Waals surface area contributed by atoms with Gasteiger partial charge in [-0.05, 0) is 52.7 Å². The predicted octanol–water partition coefficient (Wildman–Crippen LogP) is 3.44. The Morgan fingerprint density at radius 3 is 2.71 bits per heavy atom. The van der Waals surface area contributed by atoms with E-state index in [4.69, 9.17) is 0 Å². The van der Waals surface area contributed by atoms with Crippen molar-refractivity contribution < 1.29 is 5.11 Å². The Morgan fingerprint density at radius 1 is 1.24 bits per heavy atom. The largest absolute Gasteiger partial charge is 0.389 e. The Hall–Kier alpha value is -0.910. The van der Waals surface area contributed by atoms with Gasteiger partial charge >= 0.3 is 0 Å². The summed E-state index contributed by atoms with van der Waals surface area (Å²) >= 11 is 4.81.